The lowest BCUT2D eigenvalue weighted by Gasteiger charge is -2.36. The van der Waals surface area contributed by atoms with E-state index in [0.717, 1.165) is 38.9 Å². The van der Waals surface area contributed by atoms with E-state index in [1.54, 1.807) is 0 Å². The fourth-order valence-electron chi connectivity index (χ4n) is 4.25. The first-order valence-corrected chi connectivity index (χ1v) is 11.6. The summed E-state index contributed by atoms with van der Waals surface area (Å²) in [7, 11) is -3.95. The van der Waals surface area contributed by atoms with Gasteiger partial charge in [0.25, 0.3) is 0 Å². The van der Waals surface area contributed by atoms with Crippen molar-refractivity contribution >= 4 is 21.6 Å². The van der Waals surface area contributed by atoms with Crippen molar-refractivity contribution in [3.8, 4) is 0 Å². The van der Waals surface area contributed by atoms with Crippen molar-refractivity contribution in [3.05, 3.63) is 64.2 Å². The van der Waals surface area contributed by atoms with Gasteiger partial charge in [-0.1, -0.05) is 35.9 Å². The van der Waals surface area contributed by atoms with Gasteiger partial charge in [0.05, 0.1) is 5.02 Å². The van der Waals surface area contributed by atoms with Gasteiger partial charge in [0.15, 0.2) is 11.6 Å². The van der Waals surface area contributed by atoms with Crippen molar-refractivity contribution in [2.75, 3.05) is 26.2 Å². The number of nitrogens with zero attached hydrogens (tertiary/aromatic N) is 2. The van der Waals surface area contributed by atoms with Gasteiger partial charge in [-0.05, 0) is 48.4 Å². The van der Waals surface area contributed by atoms with E-state index in [1.807, 2.05) is 0 Å². The molecule has 0 N–H and O–H groups in total. The summed E-state index contributed by atoms with van der Waals surface area (Å²) in [5.41, 5.74) is 2.78. The summed E-state index contributed by atoms with van der Waals surface area (Å²) in [6.07, 6.45) is 2.51. The number of fused-ring (bicyclic) bond motifs is 1. The quantitative estimate of drug-likeness (QED) is 0.673. The molecule has 1 saturated heterocycles. The molecule has 2 aromatic rings. The van der Waals surface area contributed by atoms with E-state index >= 15 is 0 Å². The third kappa shape index (κ3) is 4.33. The number of halogens is 3. The van der Waals surface area contributed by atoms with E-state index in [-0.39, 0.29) is 9.92 Å². The summed E-state index contributed by atoms with van der Waals surface area (Å²) in [5, 5.41) is -0.294. The Labute approximate surface area is 175 Å². The number of hydrogen-bond acceptors (Lipinski definition) is 3. The normalized spacial score (nSPS) is 19.3. The summed E-state index contributed by atoms with van der Waals surface area (Å²) in [4.78, 5) is 2.06. The van der Waals surface area contributed by atoms with E-state index < -0.39 is 21.7 Å². The molecule has 0 atom stereocenters. The first-order chi connectivity index (χ1) is 13.8. The topological polar surface area (TPSA) is 40.6 Å². The standard InChI is InChI=1S/C21H23ClF2N2O2S/c22-18-11-19(23)20(24)12-21(18)29(27,28)26-9-5-15(6-10-26)13-25-8-7-16-3-1-2-4-17(16)14-25/h1-4,11-12,15H,5-10,13-14H2. The minimum atomic E-state index is -3.95. The number of rotatable bonds is 4. The monoisotopic (exact) mass is 440 g/mol. The molecule has 2 aliphatic rings. The molecule has 0 aliphatic carbocycles. The van der Waals surface area contributed by atoms with Crippen LogP contribution in [-0.4, -0.2) is 43.8 Å². The third-order valence-corrected chi connectivity index (χ3v) is 8.26. The Morgan fingerprint density at radius 1 is 1.00 bits per heavy atom. The Morgan fingerprint density at radius 3 is 2.38 bits per heavy atom. The smallest absolute Gasteiger partial charge is 0.244 e. The van der Waals surface area contributed by atoms with Crippen LogP contribution in [0.15, 0.2) is 41.3 Å². The van der Waals surface area contributed by atoms with Crippen LogP contribution in [0.2, 0.25) is 5.02 Å². The molecule has 0 saturated carbocycles. The van der Waals surface area contributed by atoms with Gasteiger partial charge in [0, 0.05) is 32.7 Å². The molecule has 1 fully saturated rings. The molecule has 4 nitrogen and oxygen atoms in total. The summed E-state index contributed by atoms with van der Waals surface area (Å²) >= 11 is 5.88. The molecule has 0 aromatic heterocycles. The second-order valence-electron chi connectivity index (χ2n) is 7.80. The van der Waals surface area contributed by atoms with E-state index in [2.05, 4.69) is 29.2 Å². The van der Waals surface area contributed by atoms with Crippen molar-refractivity contribution in [1.29, 1.82) is 0 Å². The highest BCUT2D eigenvalue weighted by Gasteiger charge is 2.32. The van der Waals surface area contributed by atoms with Gasteiger partial charge in [-0.25, -0.2) is 17.2 Å². The Bertz CT molecular complexity index is 1010. The van der Waals surface area contributed by atoms with Crippen molar-refractivity contribution in [2.45, 2.75) is 30.7 Å². The number of sulfonamides is 1. The lowest BCUT2D eigenvalue weighted by Crippen LogP contribution is -2.42. The van der Waals surface area contributed by atoms with Crippen LogP contribution in [0.4, 0.5) is 8.78 Å². The first-order valence-electron chi connectivity index (χ1n) is 9.78. The minimum absolute atomic E-state index is 0.294. The minimum Gasteiger partial charge on any atom is -0.298 e. The Kier molecular flexibility index (Phi) is 5.93. The van der Waals surface area contributed by atoms with Crippen molar-refractivity contribution in [3.63, 3.8) is 0 Å². The van der Waals surface area contributed by atoms with E-state index in [0.29, 0.717) is 31.1 Å². The molecule has 29 heavy (non-hydrogen) atoms. The highest BCUT2D eigenvalue weighted by atomic mass is 35.5. The summed E-state index contributed by atoms with van der Waals surface area (Å²) in [5.74, 6) is -1.96. The molecule has 156 valence electrons. The molecular weight excluding hydrogens is 418 g/mol. The predicted molar refractivity (Wildman–Crippen MR) is 108 cm³/mol. The molecule has 0 bridgehead atoms. The predicted octanol–water partition coefficient (Wildman–Crippen LogP) is 4.08. The Hall–Kier alpha value is -1.54. The molecule has 0 amide bonds. The molecule has 2 aliphatic heterocycles. The van der Waals surface area contributed by atoms with Crippen LogP contribution in [0.1, 0.15) is 24.0 Å². The highest BCUT2D eigenvalue weighted by molar-refractivity contribution is 7.89. The van der Waals surface area contributed by atoms with Crippen LogP contribution < -0.4 is 0 Å². The van der Waals surface area contributed by atoms with Gasteiger partial charge in [-0.2, -0.15) is 4.31 Å². The summed E-state index contributed by atoms with van der Waals surface area (Å²) < 4.78 is 53.9. The van der Waals surface area contributed by atoms with Crippen LogP contribution in [0.3, 0.4) is 0 Å². The van der Waals surface area contributed by atoms with Crippen LogP contribution in [-0.2, 0) is 23.0 Å². The summed E-state index contributed by atoms with van der Waals surface area (Å²) in [6, 6.07) is 9.87. The van der Waals surface area contributed by atoms with Gasteiger partial charge >= 0.3 is 0 Å². The number of benzene rings is 2. The number of piperidine rings is 1. The molecule has 8 heteroatoms. The molecule has 0 spiro atoms. The zero-order valence-electron chi connectivity index (χ0n) is 16.0. The maximum absolute atomic E-state index is 13.6. The van der Waals surface area contributed by atoms with Crippen LogP contribution in [0.5, 0.6) is 0 Å². The molecule has 2 heterocycles. The zero-order chi connectivity index (χ0) is 20.6. The third-order valence-electron chi connectivity index (χ3n) is 5.89. The zero-order valence-corrected chi connectivity index (χ0v) is 17.5. The number of hydrogen-bond donors (Lipinski definition) is 0. The van der Waals surface area contributed by atoms with Gasteiger partial charge in [-0.3, -0.25) is 4.90 Å². The van der Waals surface area contributed by atoms with Crippen molar-refractivity contribution in [1.82, 2.24) is 9.21 Å². The maximum atomic E-state index is 13.6. The van der Waals surface area contributed by atoms with Gasteiger partial charge in [0.1, 0.15) is 4.90 Å². The average Bonchev–Trinajstić information content (AvgIpc) is 2.71. The average molecular weight is 441 g/mol. The lowest BCUT2D eigenvalue weighted by atomic mass is 9.94. The van der Waals surface area contributed by atoms with Crippen LogP contribution in [0, 0.1) is 17.6 Å². The van der Waals surface area contributed by atoms with E-state index in [4.69, 9.17) is 11.6 Å². The van der Waals surface area contributed by atoms with Crippen molar-refractivity contribution in [2.24, 2.45) is 5.92 Å². The van der Waals surface area contributed by atoms with Gasteiger partial charge < -0.3 is 0 Å². The van der Waals surface area contributed by atoms with Crippen molar-refractivity contribution < 1.29 is 17.2 Å². The Balaban J connectivity index is 1.38. The second-order valence-corrected chi connectivity index (χ2v) is 10.1. The SMILES string of the molecule is O=S(=O)(c1cc(F)c(F)cc1Cl)N1CCC(CN2CCc3ccccc3C2)CC1. The fourth-order valence-corrected chi connectivity index (χ4v) is 6.22. The molecule has 0 radical (unpaired) electrons. The first kappa shape index (κ1) is 20.7. The fraction of sp³-hybridized carbons (Fsp3) is 0.429. The van der Waals surface area contributed by atoms with Crippen LogP contribution >= 0.6 is 11.6 Å². The van der Waals surface area contributed by atoms with Gasteiger partial charge in [0.2, 0.25) is 10.0 Å². The lowest BCUT2D eigenvalue weighted by molar-refractivity contribution is 0.171. The largest absolute Gasteiger partial charge is 0.298 e. The molecule has 4 rings (SSSR count). The molecule has 2 aromatic carbocycles. The maximum Gasteiger partial charge on any atom is 0.244 e. The van der Waals surface area contributed by atoms with E-state index in [9.17, 15) is 17.2 Å². The summed E-state index contributed by atoms with van der Waals surface area (Å²) in [6.45, 7) is 3.59. The Morgan fingerprint density at radius 2 is 1.66 bits per heavy atom. The second kappa shape index (κ2) is 8.30. The van der Waals surface area contributed by atoms with Crippen LogP contribution in [0.25, 0.3) is 0 Å². The highest BCUT2D eigenvalue weighted by Crippen LogP contribution is 2.30. The van der Waals surface area contributed by atoms with E-state index in [1.165, 1.54) is 15.4 Å². The molecule has 0 unspecified atom stereocenters. The molecular formula is C21H23ClF2N2O2S. The van der Waals surface area contributed by atoms with Gasteiger partial charge in [-0.15, -0.1) is 0 Å².